The topological polar surface area (TPSA) is 29.5 Å². The fourth-order valence-electron chi connectivity index (χ4n) is 2.02. The SMILES string of the molecule is CCCN(CCC)C(=O)SCc1cc(Cl)ccc1OCC. The van der Waals surface area contributed by atoms with Gasteiger partial charge in [0.1, 0.15) is 5.75 Å². The summed E-state index contributed by atoms with van der Waals surface area (Å²) in [6, 6.07) is 5.54. The molecule has 21 heavy (non-hydrogen) atoms. The molecule has 0 aromatic heterocycles. The van der Waals surface area contributed by atoms with Gasteiger partial charge in [-0.2, -0.15) is 0 Å². The van der Waals surface area contributed by atoms with Gasteiger partial charge in [0.05, 0.1) is 6.61 Å². The van der Waals surface area contributed by atoms with Crippen molar-refractivity contribution in [2.45, 2.75) is 39.4 Å². The number of hydrogen-bond acceptors (Lipinski definition) is 3. The van der Waals surface area contributed by atoms with Crippen molar-refractivity contribution in [1.29, 1.82) is 0 Å². The van der Waals surface area contributed by atoms with E-state index in [1.165, 1.54) is 11.8 Å². The van der Waals surface area contributed by atoms with Crippen LogP contribution in [0.5, 0.6) is 5.75 Å². The third-order valence-corrected chi connectivity index (χ3v) is 4.11. The molecule has 1 aromatic carbocycles. The molecule has 118 valence electrons. The van der Waals surface area contributed by atoms with Gasteiger partial charge in [0, 0.05) is 29.4 Å². The van der Waals surface area contributed by atoms with Crippen LogP contribution < -0.4 is 4.74 Å². The number of halogens is 1. The lowest BCUT2D eigenvalue weighted by molar-refractivity contribution is 0.223. The van der Waals surface area contributed by atoms with E-state index in [-0.39, 0.29) is 5.24 Å². The highest BCUT2D eigenvalue weighted by molar-refractivity contribution is 8.12. The van der Waals surface area contributed by atoms with Crippen molar-refractivity contribution in [2.75, 3.05) is 19.7 Å². The Morgan fingerprint density at radius 2 is 1.90 bits per heavy atom. The number of thioether (sulfide) groups is 1. The van der Waals surface area contributed by atoms with E-state index in [1.807, 2.05) is 30.0 Å². The van der Waals surface area contributed by atoms with Crippen LogP contribution in [0.3, 0.4) is 0 Å². The third-order valence-electron chi connectivity index (χ3n) is 2.92. The molecule has 1 aromatic rings. The van der Waals surface area contributed by atoms with Crippen LogP contribution in [0.1, 0.15) is 39.2 Å². The van der Waals surface area contributed by atoms with Gasteiger partial charge in [-0.1, -0.05) is 37.2 Å². The monoisotopic (exact) mass is 329 g/mol. The van der Waals surface area contributed by atoms with E-state index in [0.717, 1.165) is 37.2 Å². The Morgan fingerprint density at radius 1 is 1.24 bits per heavy atom. The van der Waals surface area contributed by atoms with Gasteiger partial charge in [-0.25, -0.2) is 0 Å². The number of ether oxygens (including phenoxy) is 1. The first-order valence-corrected chi connectivity index (χ1v) is 8.81. The van der Waals surface area contributed by atoms with E-state index < -0.39 is 0 Å². The predicted molar refractivity (Wildman–Crippen MR) is 91.5 cm³/mol. The molecule has 0 fully saturated rings. The Kier molecular flexibility index (Phi) is 8.62. The minimum absolute atomic E-state index is 0.126. The zero-order valence-corrected chi connectivity index (χ0v) is 14.6. The van der Waals surface area contributed by atoms with Gasteiger partial charge in [0.15, 0.2) is 0 Å². The van der Waals surface area contributed by atoms with Crippen molar-refractivity contribution < 1.29 is 9.53 Å². The number of hydrogen-bond donors (Lipinski definition) is 0. The zero-order valence-electron chi connectivity index (χ0n) is 13.0. The first-order chi connectivity index (χ1) is 10.1. The Balaban J connectivity index is 2.68. The first kappa shape index (κ1) is 18.2. The second-order valence-corrected chi connectivity index (χ2v) is 6.09. The smallest absolute Gasteiger partial charge is 0.281 e. The summed E-state index contributed by atoms with van der Waals surface area (Å²) in [6.45, 7) is 8.35. The standard InChI is InChI=1S/C16H24ClNO2S/c1-4-9-18(10-5-2)16(19)21-12-13-11-14(17)7-8-15(13)20-6-3/h7-8,11H,4-6,9-10,12H2,1-3H3. The molecule has 0 saturated heterocycles. The second kappa shape index (κ2) is 9.96. The molecule has 0 heterocycles. The number of carbonyl (C=O) groups is 1. The molecule has 0 bridgehead atoms. The normalized spacial score (nSPS) is 10.5. The Bertz CT molecular complexity index is 448. The summed E-state index contributed by atoms with van der Waals surface area (Å²) in [6.07, 6.45) is 1.96. The quantitative estimate of drug-likeness (QED) is 0.655. The third kappa shape index (κ3) is 6.18. The van der Waals surface area contributed by atoms with Crippen molar-refractivity contribution in [2.24, 2.45) is 0 Å². The van der Waals surface area contributed by atoms with E-state index >= 15 is 0 Å². The van der Waals surface area contributed by atoms with Crippen molar-refractivity contribution in [1.82, 2.24) is 4.90 Å². The van der Waals surface area contributed by atoms with Crippen molar-refractivity contribution in [3.05, 3.63) is 28.8 Å². The summed E-state index contributed by atoms with van der Waals surface area (Å²) >= 11 is 7.35. The van der Waals surface area contributed by atoms with Gasteiger partial charge in [0.25, 0.3) is 5.24 Å². The summed E-state index contributed by atoms with van der Waals surface area (Å²) in [5.41, 5.74) is 0.968. The number of benzene rings is 1. The summed E-state index contributed by atoms with van der Waals surface area (Å²) in [5.74, 6) is 1.39. The second-order valence-electron chi connectivity index (χ2n) is 4.73. The van der Waals surface area contributed by atoms with E-state index in [1.54, 1.807) is 0 Å². The van der Waals surface area contributed by atoms with Crippen LogP contribution in [0.2, 0.25) is 5.02 Å². The molecule has 0 N–H and O–H groups in total. The van der Waals surface area contributed by atoms with Gasteiger partial charge in [-0.15, -0.1) is 0 Å². The van der Waals surface area contributed by atoms with E-state index in [0.29, 0.717) is 17.4 Å². The molecular weight excluding hydrogens is 306 g/mol. The van der Waals surface area contributed by atoms with Gasteiger partial charge < -0.3 is 9.64 Å². The maximum absolute atomic E-state index is 12.3. The van der Waals surface area contributed by atoms with Crippen molar-refractivity contribution >= 4 is 28.6 Å². The van der Waals surface area contributed by atoms with Gasteiger partial charge in [-0.05, 0) is 38.0 Å². The maximum Gasteiger partial charge on any atom is 0.281 e. The number of nitrogens with zero attached hydrogens (tertiary/aromatic N) is 1. The molecule has 0 radical (unpaired) electrons. The molecule has 1 rings (SSSR count). The molecule has 3 nitrogen and oxygen atoms in total. The van der Waals surface area contributed by atoms with E-state index in [4.69, 9.17) is 16.3 Å². The lowest BCUT2D eigenvalue weighted by Crippen LogP contribution is -2.29. The Hall–Kier alpha value is -0.870. The molecule has 0 aliphatic heterocycles. The Morgan fingerprint density at radius 3 is 2.48 bits per heavy atom. The van der Waals surface area contributed by atoms with Crippen LogP contribution in [0.15, 0.2) is 18.2 Å². The highest BCUT2D eigenvalue weighted by atomic mass is 35.5. The summed E-state index contributed by atoms with van der Waals surface area (Å²) in [5, 5.41) is 0.793. The average Bonchev–Trinajstić information content (AvgIpc) is 2.47. The molecule has 0 unspecified atom stereocenters. The lowest BCUT2D eigenvalue weighted by atomic mass is 10.2. The van der Waals surface area contributed by atoms with Crippen LogP contribution in [-0.4, -0.2) is 29.8 Å². The van der Waals surface area contributed by atoms with Crippen LogP contribution in [-0.2, 0) is 5.75 Å². The van der Waals surface area contributed by atoms with Crippen LogP contribution in [0, 0.1) is 0 Å². The van der Waals surface area contributed by atoms with Crippen LogP contribution in [0.25, 0.3) is 0 Å². The predicted octanol–water partition coefficient (Wildman–Crippen LogP) is 5.21. The molecule has 1 amide bonds. The average molecular weight is 330 g/mol. The highest BCUT2D eigenvalue weighted by Gasteiger charge is 2.14. The van der Waals surface area contributed by atoms with Crippen molar-refractivity contribution in [3.8, 4) is 5.75 Å². The van der Waals surface area contributed by atoms with Crippen LogP contribution in [0.4, 0.5) is 4.79 Å². The van der Waals surface area contributed by atoms with Gasteiger partial charge in [-0.3, -0.25) is 4.79 Å². The minimum Gasteiger partial charge on any atom is -0.494 e. The molecule has 0 saturated carbocycles. The van der Waals surface area contributed by atoms with E-state index in [2.05, 4.69) is 13.8 Å². The summed E-state index contributed by atoms with van der Waals surface area (Å²) in [7, 11) is 0. The fourth-order valence-corrected chi connectivity index (χ4v) is 3.09. The largest absolute Gasteiger partial charge is 0.494 e. The molecule has 0 spiro atoms. The van der Waals surface area contributed by atoms with Gasteiger partial charge >= 0.3 is 0 Å². The maximum atomic E-state index is 12.3. The number of carbonyl (C=O) groups excluding carboxylic acids is 1. The van der Waals surface area contributed by atoms with Crippen LogP contribution >= 0.6 is 23.4 Å². The fraction of sp³-hybridized carbons (Fsp3) is 0.562. The number of amides is 1. The molecule has 0 atom stereocenters. The molecular formula is C16H24ClNO2S. The summed E-state index contributed by atoms with van der Waals surface area (Å²) < 4.78 is 5.58. The van der Waals surface area contributed by atoms with E-state index in [9.17, 15) is 4.79 Å². The highest BCUT2D eigenvalue weighted by Crippen LogP contribution is 2.28. The van der Waals surface area contributed by atoms with Crippen molar-refractivity contribution in [3.63, 3.8) is 0 Å². The minimum atomic E-state index is 0.126. The van der Waals surface area contributed by atoms with Gasteiger partial charge in [0.2, 0.25) is 0 Å². The molecule has 0 aliphatic rings. The zero-order chi connectivity index (χ0) is 15.7. The number of rotatable bonds is 8. The molecule has 0 aliphatic carbocycles. The first-order valence-electron chi connectivity index (χ1n) is 7.45. The molecule has 5 heteroatoms. The Labute approximate surface area is 137 Å². The summed E-state index contributed by atoms with van der Waals surface area (Å²) in [4.78, 5) is 14.2. The lowest BCUT2D eigenvalue weighted by Gasteiger charge is -2.21.